The number of rotatable bonds is 4. The highest BCUT2D eigenvalue weighted by Crippen LogP contribution is 2.34. The number of likely N-dealkylation sites (tertiary alicyclic amines) is 1. The van der Waals surface area contributed by atoms with Crippen LogP contribution in [0.5, 0.6) is 0 Å². The van der Waals surface area contributed by atoms with Crippen LogP contribution in [0.25, 0.3) is 0 Å². The summed E-state index contributed by atoms with van der Waals surface area (Å²) >= 11 is 0. The number of nitrogens with zero attached hydrogens (tertiary/aromatic N) is 1. The third-order valence-corrected chi connectivity index (χ3v) is 4.49. The molecule has 1 aliphatic rings. The van der Waals surface area contributed by atoms with Crippen molar-refractivity contribution < 1.29 is 4.79 Å². The third-order valence-electron chi connectivity index (χ3n) is 4.49. The molecule has 1 heterocycles. The summed E-state index contributed by atoms with van der Waals surface area (Å²) in [6.07, 6.45) is 3.83. The lowest BCUT2D eigenvalue weighted by atomic mass is 9.77. The molecule has 94 valence electrons. The molecule has 1 fully saturated rings. The van der Waals surface area contributed by atoms with Crippen LogP contribution < -0.4 is 0 Å². The summed E-state index contributed by atoms with van der Waals surface area (Å²) in [5, 5.41) is 0. The van der Waals surface area contributed by atoms with Crippen molar-refractivity contribution in [3.8, 4) is 0 Å². The van der Waals surface area contributed by atoms with Crippen molar-refractivity contribution >= 4 is 5.78 Å². The van der Waals surface area contributed by atoms with Crippen molar-refractivity contribution in [1.29, 1.82) is 0 Å². The van der Waals surface area contributed by atoms with Gasteiger partial charge in [-0.15, -0.1) is 0 Å². The van der Waals surface area contributed by atoms with Crippen molar-refractivity contribution in [1.82, 2.24) is 4.90 Å². The molecule has 0 spiro atoms. The predicted molar refractivity (Wildman–Crippen MR) is 68.5 cm³/mol. The first-order chi connectivity index (χ1) is 7.29. The van der Waals surface area contributed by atoms with Crippen molar-refractivity contribution in [3.05, 3.63) is 0 Å². The van der Waals surface area contributed by atoms with Crippen molar-refractivity contribution in [2.75, 3.05) is 19.6 Å². The van der Waals surface area contributed by atoms with Crippen LogP contribution in [-0.2, 0) is 4.79 Å². The summed E-state index contributed by atoms with van der Waals surface area (Å²) < 4.78 is 0. The fourth-order valence-electron chi connectivity index (χ4n) is 2.27. The van der Waals surface area contributed by atoms with Gasteiger partial charge in [0, 0.05) is 12.0 Å². The maximum absolute atomic E-state index is 11.5. The highest BCUT2D eigenvalue weighted by Gasteiger charge is 2.32. The minimum Gasteiger partial charge on any atom is -0.302 e. The molecule has 0 amide bonds. The number of carbonyl (C=O) groups is 1. The van der Waals surface area contributed by atoms with Crippen LogP contribution in [0, 0.1) is 10.8 Å². The average Bonchev–Trinajstić information content (AvgIpc) is 2.21. The van der Waals surface area contributed by atoms with Gasteiger partial charge in [-0.3, -0.25) is 4.79 Å². The number of hydrogen-bond acceptors (Lipinski definition) is 2. The molecular formula is C14H27NO. The molecule has 0 radical (unpaired) electrons. The van der Waals surface area contributed by atoms with E-state index in [2.05, 4.69) is 32.6 Å². The molecule has 0 aromatic rings. The first kappa shape index (κ1) is 13.7. The Kier molecular flexibility index (Phi) is 4.17. The molecule has 1 aliphatic heterocycles. The van der Waals surface area contributed by atoms with E-state index in [4.69, 9.17) is 0 Å². The van der Waals surface area contributed by atoms with E-state index in [0.29, 0.717) is 11.2 Å². The maximum Gasteiger partial charge on any atom is 0.136 e. The van der Waals surface area contributed by atoms with Gasteiger partial charge < -0.3 is 4.90 Å². The molecule has 1 rings (SSSR count). The first-order valence-electron chi connectivity index (χ1n) is 6.52. The van der Waals surface area contributed by atoms with E-state index >= 15 is 0 Å². The van der Waals surface area contributed by atoms with Gasteiger partial charge in [0.15, 0.2) is 0 Å². The van der Waals surface area contributed by atoms with Crippen LogP contribution in [0.2, 0.25) is 0 Å². The molecule has 0 unspecified atom stereocenters. The minimum absolute atomic E-state index is 0.181. The molecule has 0 bridgehead atoms. The van der Waals surface area contributed by atoms with Crippen LogP contribution in [0.3, 0.4) is 0 Å². The number of piperidine rings is 1. The van der Waals surface area contributed by atoms with E-state index in [-0.39, 0.29) is 5.41 Å². The molecule has 0 aliphatic carbocycles. The van der Waals surface area contributed by atoms with Gasteiger partial charge in [-0.05, 0) is 38.3 Å². The Balaban J connectivity index is 2.46. The molecule has 1 saturated heterocycles. The summed E-state index contributed by atoms with van der Waals surface area (Å²) in [5.41, 5.74) is 0.358. The van der Waals surface area contributed by atoms with E-state index < -0.39 is 0 Å². The second kappa shape index (κ2) is 4.87. The van der Waals surface area contributed by atoms with Gasteiger partial charge in [0.2, 0.25) is 0 Å². The van der Waals surface area contributed by atoms with Crippen molar-refractivity contribution in [3.63, 3.8) is 0 Å². The SMILES string of the molecule is CCC1(C)CCN(CC(C)(C)C(C)=O)CC1. The van der Waals surface area contributed by atoms with Crippen LogP contribution >= 0.6 is 0 Å². The largest absolute Gasteiger partial charge is 0.302 e. The number of carbonyl (C=O) groups excluding carboxylic acids is 1. The van der Waals surface area contributed by atoms with Gasteiger partial charge in [0.05, 0.1) is 0 Å². The Morgan fingerprint density at radius 2 is 1.81 bits per heavy atom. The van der Waals surface area contributed by atoms with E-state index in [1.165, 1.54) is 19.3 Å². The van der Waals surface area contributed by atoms with Gasteiger partial charge >= 0.3 is 0 Å². The zero-order valence-corrected chi connectivity index (χ0v) is 11.6. The van der Waals surface area contributed by atoms with Gasteiger partial charge in [0.1, 0.15) is 5.78 Å². The molecule has 0 aromatic heterocycles. The van der Waals surface area contributed by atoms with E-state index in [1.54, 1.807) is 6.92 Å². The van der Waals surface area contributed by atoms with E-state index in [9.17, 15) is 4.79 Å². The summed E-state index contributed by atoms with van der Waals surface area (Å²) in [6, 6.07) is 0. The fourth-order valence-corrected chi connectivity index (χ4v) is 2.27. The lowest BCUT2D eigenvalue weighted by Crippen LogP contribution is -2.44. The predicted octanol–water partition coefficient (Wildman–Crippen LogP) is 3.11. The van der Waals surface area contributed by atoms with Gasteiger partial charge in [-0.2, -0.15) is 0 Å². The van der Waals surface area contributed by atoms with Gasteiger partial charge in [0.25, 0.3) is 0 Å². The quantitative estimate of drug-likeness (QED) is 0.732. The molecule has 0 aromatic carbocycles. The standard InChI is InChI=1S/C14H27NO/c1-6-14(5)7-9-15(10-8-14)11-13(3,4)12(2)16/h6-11H2,1-5H3. The van der Waals surface area contributed by atoms with Crippen LogP contribution in [-0.4, -0.2) is 30.3 Å². The molecule has 2 nitrogen and oxygen atoms in total. The Morgan fingerprint density at radius 3 is 2.19 bits per heavy atom. The molecule has 0 atom stereocenters. The summed E-state index contributed by atoms with van der Waals surface area (Å²) in [6.45, 7) is 13.7. The zero-order valence-electron chi connectivity index (χ0n) is 11.6. The zero-order chi connectivity index (χ0) is 12.4. The molecule has 0 saturated carbocycles. The van der Waals surface area contributed by atoms with Crippen molar-refractivity contribution in [2.45, 2.75) is 53.9 Å². The highest BCUT2D eigenvalue weighted by atomic mass is 16.1. The van der Waals surface area contributed by atoms with Crippen LogP contribution in [0.1, 0.15) is 53.9 Å². The lowest BCUT2D eigenvalue weighted by Gasteiger charge is -2.41. The maximum atomic E-state index is 11.5. The summed E-state index contributed by atoms with van der Waals surface area (Å²) in [5.74, 6) is 0.302. The second-order valence-corrected chi connectivity index (χ2v) is 6.38. The van der Waals surface area contributed by atoms with E-state index in [1.807, 2.05) is 0 Å². The lowest BCUT2D eigenvalue weighted by molar-refractivity contribution is -0.126. The van der Waals surface area contributed by atoms with Gasteiger partial charge in [-0.1, -0.05) is 34.1 Å². The fraction of sp³-hybridized carbons (Fsp3) is 0.929. The Bertz CT molecular complexity index is 249. The summed E-state index contributed by atoms with van der Waals surface area (Å²) in [7, 11) is 0. The second-order valence-electron chi connectivity index (χ2n) is 6.38. The normalized spacial score (nSPS) is 22.1. The van der Waals surface area contributed by atoms with Crippen LogP contribution in [0.4, 0.5) is 0 Å². The Morgan fingerprint density at radius 1 is 1.31 bits per heavy atom. The number of Topliss-reactive ketones (excluding diaryl/α,β-unsaturated/α-hetero) is 1. The topological polar surface area (TPSA) is 20.3 Å². The average molecular weight is 225 g/mol. The molecule has 2 heteroatoms. The highest BCUT2D eigenvalue weighted by molar-refractivity contribution is 5.81. The van der Waals surface area contributed by atoms with Crippen LogP contribution in [0.15, 0.2) is 0 Å². The monoisotopic (exact) mass is 225 g/mol. The minimum atomic E-state index is -0.181. The van der Waals surface area contributed by atoms with E-state index in [0.717, 1.165) is 19.6 Å². The first-order valence-corrected chi connectivity index (χ1v) is 6.52. The Hall–Kier alpha value is -0.370. The van der Waals surface area contributed by atoms with Gasteiger partial charge in [-0.25, -0.2) is 0 Å². The third kappa shape index (κ3) is 3.31. The van der Waals surface area contributed by atoms with Crippen molar-refractivity contribution in [2.24, 2.45) is 10.8 Å². The smallest absolute Gasteiger partial charge is 0.136 e. The molecular weight excluding hydrogens is 198 g/mol. The molecule has 16 heavy (non-hydrogen) atoms. The molecule has 0 N–H and O–H groups in total. The summed E-state index contributed by atoms with van der Waals surface area (Å²) in [4.78, 5) is 14.0. The number of ketones is 1. The number of hydrogen-bond donors (Lipinski definition) is 0. The Labute approximate surface area is 100 Å².